The van der Waals surface area contributed by atoms with Crippen LogP contribution in [0.15, 0.2) is 23.1 Å². The summed E-state index contributed by atoms with van der Waals surface area (Å²) in [5, 5.41) is 9.47. The van der Waals surface area contributed by atoms with Gasteiger partial charge in [0.05, 0.1) is 5.60 Å². The number of rotatable bonds is 4. The van der Waals surface area contributed by atoms with E-state index in [1.807, 2.05) is 0 Å². The normalized spacial score (nSPS) is 18.1. The third-order valence-corrected chi connectivity index (χ3v) is 4.02. The summed E-state index contributed by atoms with van der Waals surface area (Å²) >= 11 is 0. The molecule has 0 aromatic heterocycles. The smallest absolute Gasteiger partial charge is 0.243 e. The summed E-state index contributed by atoms with van der Waals surface area (Å²) in [6, 6.07) is 2.19. The molecule has 2 rings (SSSR count). The lowest BCUT2D eigenvalue weighted by atomic mass is 10.3. The van der Waals surface area contributed by atoms with Gasteiger partial charge in [-0.25, -0.2) is 21.9 Å². The van der Waals surface area contributed by atoms with Crippen LogP contribution in [0.4, 0.5) is 8.78 Å². The van der Waals surface area contributed by atoms with Crippen LogP contribution in [0, 0.1) is 11.6 Å². The van der Waals surface area contributed by atoms with E-state index in [1.54, 1.807) is 0 Å². The lowest BCUT2D eigenvalue weighted by molar-refractivity contribution is 0.155. The van der Waals surface area contributed by atoms with Crippen molar-refractivity contribution in [1.82, 2.24) is 4.72 Å². The van der Waals surface area contributed by atoms with Gasteiger partial charge in [0.2, 0.25) is 10.0 Å². The Morgan fingerprint density at radius 3 is 2.59 bits per heavy atom. The van der Waals surface area contributed by atoms with Gasteiger partial charge in [-0.15, -0.1) is 0 Å². The summed E-state index contributed by atoms with van der Waals surface area (Å²) in [6.45, 7) is -0.189. The van der Waals surface area contributed by atoms with Crippen LogP contribution in [0.25, 0.3) is 0 Å². The lowest BCUT2D eigenvalue weighted by Gasteiger charge is -2.10. The molecule has 0 spiro atoms. The van der Waals surface area contributed by atoms with Crippen molar-refractivity contribution in [3.8, 4) is 0 Å². The maximum absolute atomic E-state index is 13.3. The van der Waals surface area contributed by atoms with Crippen LogP contribution >= 0.6 is 0 Å². The third kappa shape index (κ3) is 2.80. The maximum Gasteiger partial charge on any atom is 0.243 e. The van der Waals surface area contributed by atoms with Gasteiger partial charge < -0.3 is 5.11 Å². The van der Waals surface area contributed by atoms with Crippen molar-refractivity contribution in [1.29, 1.82) is 0 Å². The molecule has 1 aliphatic carbocycles. The highest BCUT2D eigenvalue weighted by molar-refractivity contribution is 7.89. The molecular weight excluding hydrogens is 252 g/mol. The Morgan fingerprint density at radius 2 is 2.00 bits per heavy atom. The summed E-state index contributed by atoms with van der Waals surface area (Å²) in [5.74, 6) is -1.86. The average molecular weight is 263 g/mol. The van der Waals surface area contributed by atoms with Crippen LogP contribution in [0.2, 0.25) is 0 Å². The summed E-state index contributed by atoms with van der Waals surface area (Å²) in [4.78, 5) is -0.748. The van der Waals surface area contributed by atoms with Gasteiger partial charge in [-0.2, -0.15) is 0 Å². The van der Waals surface area contributed by atoms with Crippen LogP contribution in [0.5, 0.6) is 0 Å². The van der Waals surface area contributed by atoms with Crippen LogP contribution in [-0.4, -0.2) is 25.7 Å². The monoisotopic (exact) mass is 263 g/mol. The third-order valence-electron chi connectivity index (χ3n) is 2.60. The van der Waals surface area contributed by atoms with Crippen molar-refractivity contribution in [2.45, 2.75) is 23.3 Å². The Labute approximate surface area is 97.3 Å². The molecule has 2 N–H and O–H groups in total. The second kappa shape index (κ2) is 4.01. The predicted molar refractivity (Wildman–Crippen MR) is 55.7 cm³/mol. The molecule has 17 heavy (non-hydrogen) atoms. The van der Waals surface area contributed by atoms with Gasteiger partial charge in [0.15, 0.2) is 0 Å². The van der Waals surface area contributed by atoms with Crippen molar-refractivity contribution >= 4 is 10.0 Å². The number of sulfonamides is 1. The zero-order chi connectivity index (χ0) is 12.7. The SMILES string of the molecule is O=S(=O)(NCC1(O)CC1)c1cc(F)ccc1F. The van der Waals surface area contributed by atoms with Gasteiger partial charge in [-0.3, -0.25) is 0 Å². The lowest BCUT2D eigenvalue weighted by Crippen LogP contribution is -2.33. The molecule has 94 valence electrons. The fourth-order valence-electron chi connectivity index (χ4n) is 1.31. The number of aliphatic hydroxyl groups is 1. The van der Waals surface area contributed by atoms with E-state index in [0.717, 1.165) is 12.1 Å². The van der Waals surface area contributed by atoms with Gasteiger partial charge in [0.25, 0.3) is 0 Å². The van der Waals surface area contributed by atoms with E-state index < -0.39 is 32.2 Å². The molecule has 1 saturated carbocycles. The maximum atomic E-state index is 13.3. The summed E-state index contributed by atoms with van der Waals surface area (Å²) in [7, 11) is -4.13. The minimum absolute atomic E-state index is 0.189. The van der Waals surface area contributed by atoms with Gasteiger partial charge >= 0.3 is 0 Å². The molecular formula is C10H11F2NO3S. The molecule has 0 bridgehead atoms. The second-order valence-electron chi connectivity index (χ2n) is 4.12. The van der Waals surface area contributed by atoms with Gasteiger partial charge in [-0.1, -0.05) is 0 Å². The Kier molecular flexibility index (Phi) is 2.92. The average Bonchev–Trinajstić information content (AvgIpc) is 2.98. The summed E-state index contributed by atoms with van der Waals surface area (Å²) in [6.07, 6.45) is 1.00. The van der Waals surface area contributed by atoms with Crippen LogP contribution in [-0.2, 0) is 10.0 Å². The van der Waals surface area contributed by atoms with E-state index in [1.165, 1.54) is 0 Å². The first-order valence-electron chi connectivity index (χ1n) is 5.00. The molecule has 0 unspecified atom stereocenters. The van der Waals surface area contributed by atoms with Crippen LogP contribution in [0.3, 0.4) is 0 Å². The van der Waals surface area contributed by atoms with Crippen LogP contribution in [0.1, 0.15) is 12.8 Å². The predicted octanol–water partition coefficient (Wildman–Crippen LogP) is 0.768. The summed E-state index contributed by atoms with van der Waals surface area (Å²) in [5.41, 5.74) is -1.03. The quantitative estimate of drug-likeness (QED) is 0.843. The molecule has 0 saturated heterocycles. The Morgan fingerprint density at radius 1 is 1.35 bits per heavy atom. The van der Waals surface area contributed by atoms with E-state index in [2.05, 4.69) is 4.72 Å². The second-order valence-corrected chi connectivity index (χ2v) is 5.86. The molecule has 0 aliphatic heterocycles. The van der Waals surface area contributed by atoms with E-state index >= 15 is 0 Å². The molecule has 0 radical (unpaired) electrons. The number of hydrogen-bond acceptors (Lipinski definition) is 3. The Bertz CT molecular complexity index is 540. The first kappa shape index (κ1) is 12.4. The largest absolute Gasteiger partial charge is 0.389 e. The Balaban J connectivity index is 2.21. The van der Waals surface area contributed by atoms with Crippen molar-refractivity contribution < 1.29 is 22.3 Å². The fraction of sp³-hybridized carbons (Fsp3) is 0.400. The molecule has 0 atom stereocenters. The fourth-order valence-corrected chi connectivity index (χ4v) is 2.52. The van der Waals surface area contributed by atoms with Gasteiger partial charge in [0.1, 0.15) is 16.5 Å². The number of benzene rings is 1. The number of hydrogen-bond donors (Lipinski definition) is 2. The molecule has 0 amide bonds. The van der Waals surface area contributed by atoms with Crippen molar-refractivity contribution in [2.75, 3.05) is 6.54 Å². The van der Waals surface area contributed by atoms with E-state index in [4.69, 9.17) is 0 Å². The molecule has 0 heterocycles. The minimum atomic E-state index is -4.13. The van der Waals surface area contributed by atoms with E-state index in [-0.39, 0.29) is 6.54 Å². The molecule has 1 aromatic rings. The highest BCUT2D eigenvalue weighted by Gasteiger charge is 2.41. The number of nitrogens with one attached hydrogen (secondary N) is 1. The van der Waals surface area contributed by atoms with Gasteiger partial charge in [0, 0.05) is 6.54 Å². The molecule has 1 aliphatic rings. The van der Waals surface area contributed by atoms with Crippen molar-refractivity contribution in [3.63, 3.8) is 0 Å². The minimum Gasteiger partial charge on any atom is -0.389 e. The first-order valence-corrected chi connectivity index (χ1v) is 6.48. The van der Waals surface area contributed by atoms with Gasteiger partial charge in [-0.05, 0) is 31.0 Å². The summed E-state index contributed by atoms with van der Waals surface area (Å²) < 4.78 is 51.5. The zero-order valence-electron chi connectivity index (χ0n) is 8.78. The highest BCUT2D eigenvalue weighted by Crippen LogP contribution is 2.34. The molecule has 1 aromatic carbocycles. The zero-order valence-corrected chi connectivity index (χ0v) is 9.60. The topological polar surface area (TPSA) is 66.4 Å². The highest BCUT2D eigenvalue weighted by atomic mass is 32.2. The molecule has 4 nitrogen and oxygen atoms in total. The first-order chi connectivity index (χ1) is 7.82. The Hall–Kier alpha value is -1.05. The van der Waals surface area contributed by atoms with E-state index in [0.29, 0.717) is 18.9 Å². The van der Waals surface area contributed by atoms with E-state index in [9.17, 15) is 22.3 Å². The standard InChI is InChI=1S/C10H11F2NO3S/c11-7-1-2-8(12)9(5-7)17(15,16)13-6-10(14)3-4-10/h1-2,5,13-14H,3-4,6H2. The van der Waals surface area contributed by atoms with Crippen molar-refractivity contribution in [2.24, 2.45) is 0 Å². The van der Waals surface area contributed by atoms with Crippen LogP contribution < -0.4 is 4.72 Å². The van der Waals surface area contributed by atoms with Crippen molar-refractivity contribution in [3.05, 3.63) is 29.8 Å². The molecule has 1 fully saturated rings. The molecule has 7 heteroatoms. The number of halogens is 2.